The van der Waals surface area contributed by atoms with Crippen LogP contribution < -0.4 is 4.90 Å². The molecule has 0 saturated heterocycles. The summed E-state index contributed by atoms with van der Waals surface area (Å²) in [7, 11) is 3.87. The van der Waals surface area contributed by atoms with Gasteiger partial charge >= 0.3 is 0 Å². The Morgan fingerprint density at radius 2 is 2.17 bits per heavy atom. The maximum absolute atomic E-state index is 8.80. The molecule has 92 valence electrons. The van der Waals surface area contributed by atoms with Crippen LogP contribution in [-0.4, -0.2) is 24.3 Å². The van der Waals surface area contributed by atoms with E-state index >= 15 is 0 Å². The molecule has 4 nitrogen and oxygen atoms in total. The van der Waals surface area contributed by atoms with E-state index in [0.29, 0.717) is 5.56 Å². The third-order valence-corrected chi connectivity index (χ3v) is 5.17. The van der Waals surface area contributed by atoms with Gasteiger partial charge in [-0.15, -0.1) is 10.2 Å². The minimum Gasteiger partial charge on any atom is -0.353 e. The summed E-state index contributed by atoms with van der Waals surface area (Å²) in [6.45, 7) is 0. The molecule has 0 atom stereocenters. The summed E-state index contributed by atoms with van der Waals surface area (Å²) in [5.41, 5.74) is 0.637. The second-order valence-electron chi connectivity index (χ2n) is 3.60. The average Bonchev–Trinajstić information content (AvgIpc) is 2.80. The van der Waals surface area contributed by atoms with Crippen LogP contribution in [0.2, 0.25) is 0 Å². The zero-order valence-corrected chi connectivity index (χ0v) is 12.9. The van der Waals surface area contributed by atoms with Crippen molar-refractivity contribution in [2.75, 3.05) is 19.0 Å². The highest BCUT2D eigenvalue weighted by molar-refractivity contribution is 9.10. The summed E-state index contributed by atoms with van der Waals surface area (Å²) in [4.78, 5) is 2.95. The molecular formula is C11H9BrN4S2. The first-order chi connectivity index (χ1) is 8.60. The fourth-order valence-electron chi connectivity index (χ4n) is 1.17. The number of rotatable bonds is 3. The molecule has 0 aliphatic rings. The average molecular weight is 341 g/mol. The summed E-state index contributed by atoms with van der Waals surface area (Å²) in [6, 6.07) is 7.61. The minimum absolute atomic E-state index is 0.637. The molecule has 1 aromatic carbocycles. The van der Waals surface area contributed by atoms with Crippen LogP contribution in [0.4, 0.5) is 5.13 Å². The number of hydrogen-bond donors (Lipinski definition) is 0. The summed E-state index contributed by atoms with van der Waals surface area (Å²) < 4.78 is 1.78. The standard InChI is InChI=1S/C11H9BrN4S2/c1-16(2)10-14-15-11(18-10)17-9-4-3-7(6-13)5-8(9)12/h3-5H,1-2H3. The number of hydrogen-bond acceptors (Lipinski definition) is 6. The number of aromatic nitrogens is 2. The van der Waals surface area contributed by atoms with Crippen molar-refractivity contribution >= 4 is 44.2 Å². The van der Waals surface area contributed by atoms with E-state index in [-0.39, 0.29) is 0 Å². The smallest absolute Gasteiger partial charge is 0.208 e. The lowest BCUT2D eigenvalue weighted by atomic mass is 10.2. The van der Waals surface area contributed by atoms with Gasteiger partial charge in [0.15, 0.2) is 4.34 Å². The van der Waals surface area contributed by atoms with Crippen molar-refractivity contribution in [2.45, 2.75) is 9.24 Å². The Morgan fingerprint density at radius 1 is 1.39 bits per heavy atom. The quantitative estimate of drug-likeness (QED) is 0.857. The molecule has 0 fully saturated rings. The Labute approximate surface area is 122 Å². The molecule has 0 spiro atoms. The second-order valence-corrected chi connectivity index (χ2v) is 6.70. The molecule has 1 heterocycles. The van der Waals surface area contributed by atoms with Gasteiger partial charge in [0.05, 0.1) is 11.6 Å². The fourth-order valence-corrected chi connectivity index (χ4v) is 3.52. The van der Waals surface area contributed by atoms with Crippen LogP contribution in [0.5, 0.6) is 0 Å². The molecule has 2 aromatic rings. The Hall–Kier alpha value is -1.10. The number of nitriles is 1. The van der Waals surface area contributed by atoms with Crippen LogP contribution in [0, 0.1) is 11.3 Å². The SMILES string of the molecule is CN(C)c1nnc(Sc2ccc(C#N)cc2Br)s1. The van der Waals surface area contributed by atoms with Gasteiger partial charge < -0.3 is 4.90 Å². The van der Waals surface area contributed by atoms with Gasteiger partial charge in [-0.05, 0) is 34.1 Å². The molecule has 0 N–H and O–H groups in total. The minimum atomic E-state index is 0.637. The molecule has 7 heteroatoms. The van der Waals surface area contributed by atoms with Gasteiger partial charge in [0.25, 0.3) is 0 Å². The number of halogens is 1. The molecule has 0 radical (unpaired) electrons. The van der Waals surface area contributed by atoms with Crippen molar-refractivity contribution in [3.05, 3.63) is 28.2 Å². The van der Waals surface area contributed by atoms with E-state index in [2.05, 4.69) is 32.2 Å². The zero-order chi connectivity index (χ0) is 13.1. The Morgan fingerprint density at radius 3 is 2.72 bits per heavy atom. The summed E-state index contributed by atoms with van der Waals surface area (Å²) in [5, 5.41) is 17.9. The highest BCUT2D eigenvalue weighted by Gasteiger charge is 2.09. The first-order valence-corrected chi connectivity index (χ1v) is 7.41. The predicted octanol–water partition coefficient (Wildman–Crippen LogP) is 3.39. The van der Waals surface area contributed by atoms with E-state index in [1.54, 1.807) is 12.1 Å². The lowest BCUT2D eigenvalue weighted by Gasteiger charge is -2.04. The van der Waals surface area contributed by atoms with E-state index in [1.165, 1.54) is 23.1 Å². The lowest BCUT2D eigenvalue weighted by Crippen LogP contribution is -2.07. The molecule has 1 aromatic heterocycles. The number of anilines is 1. The molecule has 18 heavy (non-hydrogen) atoms. The van der Waals surface area contributed by atoms with Crippen LogP contribution in [0.3, 0.4) is 0 Å². The van der Waals surface area contributed by atoms with Gasteiger partial charge in [0.2, 0.25) is 5.13 Å². The van der Waals surface area contributed by atoms with Gasteiger partial charge in [-0.25, -0.2) is 0 Å². The maximum atomic E-state index is 8.80. The molecular weight excluding hydrogens is 332 g/mol. The predicted molar refractivity (Wildman–Crippen MR) is 77.2 cm³/mol. The number of benzene rings is 1. The second kappa shape index (κ2) is 5.69. The van der Waals surface area contributed by atoms with Gasteiger partial charge in [-0.2, -0.15) is 5.26 Å². The van der Waals surface area contributed by atoms with Crippen molar-refractivity contribution < 1.29 is 0 Å². The summed E-state index contributed by atoms with van der Waals surface area (Å²) in [5.74, 6) is 0. The number of nitrogens with zero attached hydrogens (tertiary/aromatic N) is 4. The topological polar surface area (TPSA) is 52.8 Å². The van der Waals surface area contributed by atoms with Crippen LogP contribution in [-0.2, 0) is 0 Å². The lowest BCUT2D eigenvalue weighted by molar-refractivity contribution is 0.972. The molecule has 0 saturated carbocycles. The van der Waals surface area contributed by atoms with E-state index in [1.807, 2.05) is 25.1 Å². The first-order valence-electron chi connectivity index (χ1n) is 4.98. The normalized spacial score (nSPS) is 10.1. The van der Waals surface area contributed by atoms with Crippen molar-refractivity contribution in [1.29, 1.82) is 5.26 Å². The summed E-state index contributed by atoms with van der Waals surface area (Å²) >= 11 is 6.52. The van der Waals surface area contributed by atoms with E-state index < -0.39 is 0 Å². The van der Waals surface area contributed by atoms with Gasteiger partial charge in [-0.1, -0.05) is 23.1 Å². The van der Waals surface area contributed by atoms with Gasteiger partial charge in [-0.3, -0.25) is 0 Å². The van der Waals surface area contributed by atoms with E-state index in [9.17, 15) is 0 Å². The highest BCUT2D eigenvalue weighted by Crippen LogP contribution is 2.36. The molecule has 0 aliphatic heterocycles. The Kier molecular flexibility index (Phi) is 4.22. The monoisotopic (exact) mass is 340 g/mol. The largest absolute Gasteiger partial charge is 0.353 e. The molecule has 0 amide bonds. The fraction of sp³-hybridized carbons (Fsp3) is 0.182. The third-order valence-electron chi connectivity index (χ3n) is 2.04. The molecule has 2 rings (SSSR count). The van der Waals surface area contributed by atoms with Crippen molar-refractivity contribution in [3.63, 3.8) is 0 Å². The third kappa shape index (κ3) is 3.02. The van der Waals surface area contributed by atoms with Gasteiger partial charge in [0, 0.05) is 23.5 Å². The van der Waals surface area contributed by atoms with E-state index in [4.69, 9.17) is 5.26 Å². The molecule has 0 bridgehead atoms. The maximum Gasteiger partial charge on any atom is 0.208 e. The van der Waals surface area contributed by atoms with Crippen LogP contribution >= 0.6 is 39.0 Å². The van der Waals surface area contributed by atoms with Crippen molar-refractivity contribution in [2.24, 2.45) is 0 Å². The molecule has 0 unspecified atom stereocenters. The Balaban J connectivity index is 2.21. The van der Waals surface area contributed by atoms with Crippen LogP contribution in [0.15, 0.2) is 31.9 Å². The highest BCUT2D eigenvalue weighted by atomic mass is 79.9. The zero-order valence-electron chi connectivity index (χ0n) is 9.72. The first kappa shape index (κ1) is 13.3. The summed E-state index contributed by atoms with van der Waals surface area (Å²) in [6.07, 6.45) is 0. The van der Waals surface area contributed by atoms with Gasteiger partial charge in [0.1, 0.15) is 0 Å². The molecule has 0 aliphatic carbocycles. The Bertz CT molecular complexity index is 603. The van der Waals surface area contributed by atoms with Crippen molar-refractivity contribution in [3.8, 4) is 6.07 Å². The van der Waals surface area contributed by atoms with Crippen molar-refractivity contribution in [1.82, 2.24) is 10.2 Å². The van der Waals surface area contributed by atoms with E-state index in [0.717, 1.165) is 18.8 Å². The van der Waals surface area contributed by atoms with Crippen LogP contribution in [0.25, 0.3) is 0 Å². The van der Waals surface area contributed by atoms with Crippen LogP contribution in [0.1, 0.15) is 5.56 Å².